The first-order valence-corrected chi connectivity index (χ1v) is 17.6. The molecule has 11 nitrogen and oxygen atoms in total. The summed E-state index contributed by atoms with van der Waals surface area (Å²) in [6.45, 7) is 5.28. The van der Waals surface area contributed by atoms with Crippen molar-refractivity contribution in [1.82, 2.24) is 25.5 Å². The second-order valence-corrected chi connectivity index (χ2v) is 14.5. The fourth-order valence-corrected chi connectivity index (χ4v) is 9.54. The molecular weight excluding hydrogens is 661 g/mol. The maximum absolute atomic E-state index is 14.1. The first kappa shape index (κ1) is 34.8. The van der Waals surface area contributed by atoms with Crippen molar-refractivity contribution in [2.45, 2.75) is 51.2 Å². The zero-order chi connectivity index (χ0) is 36.1. The molecule has 2 atom stereocenters. The standard InChI is InChI=1S/C37H45F3N8O3/c1-21-6-5-7-26(33(49)41-2)30(21)45-32-27(37(38,39)40)20-43-35(46-32)44-28-9-8-25(16-29(28)51-4)47-10-12-48(13-11-47)31-23-14-22-15-24(31)19-36(17-22,18-23)34(50)42-3/h5-9,16,20,22-24,31H,10-15,17-19H2,1-4H3,(H,41,49)(H,42,50)(H2,43,44,45,46)/t22?,23?,24?,31-,36+. The molecule has 1 saturated heterocycles. The van der Waals surface area contributed by atoms with Crippen LogP contribution in [0.4, 0.5) is 42.0 Å². The van der Waals surface area contributed by atoms with Crippen LogP contribution in [0.25, 0.3) is 0 Å². The van der Waals surface area contributed by atoms with Crippen molar-refractivity contribution in [2.24, 2.45) is 23.2 Å². The van der Waals surface area contributed by atoms with E-state index in [1.54, 1.807) is 33.2 Å². The van der Waals surface area contributed by atoms with Gasteiger partial charge in [-0.25, -0.2) is 4.98 Å². The van der Waals surface area contributed by atoms with E-state index < -0.39 is 23.5 Å². The molecule has 5 fully saturated rings. The molecule has 3 aromatic rings. The van der Waals surface area contributed by atoms with Gasteiger partial charge in [0, 0.05) is 64.3 Å². The molecule has 0 radical (unpaired) electrons. The van der Waals surface area contributed by atoms with Gasteiger partial charge in [0.1, 0.15) is 17.1 Å². The molecule has 4 saturated carbocycles. The number of aromatic nitrogens is 2. The van der Waals surface area contributed by atoms with E-state index in [0.29, 0.717) is 40.8 Å². The molecule has 2 aromatic carbocycles. The lowest BCUT2D eigenvalue weighted by Gasteiger charge is -2.61. The Hall–Kier alpha value is -4.59. The molecule has 4 aliphatic carbocycles. The van der Waals surface area contributed by atoms with Crippen molar-refractivity contribution in [1.29, 1.82) is 0 Å². The number of amides is 2. The van der Waals surface area contributed by atoms with Gasteiger partial charge in [-0.15, -0.1) is 0 Å². The Morgan fingerprint density at radius 1 is 0.961 bits per heavy atom. The number of nitrogens with one attached hydrogen (secondary N) is 4. The molecule has 4 bridgehead atoms. The van der Waals surface area contributed by atoms with E-state index >= 15 is 0 Å². The minimum absolute atomic E-state index is 0.0749. The summed E-state index contributed by atoms with van der Waals surface area (Å²) < 4.78 is 47.9. The molecule has 1 aliphatic heterocycles. The second kappa shape index (κ2) is 13.5. The highest BCUT2D eigenvalue weighted by atomic mass is 19.4. The highest BCUT2D eigenvalue weighted by molar-refractivity contribution is 6.01. The normalized spacial score (nSPS) is 25.7. The van der Waals surface area contributed by atoms with Crippen LogP contribution in [-0.2, 0) is 11.0 Å². The van der Waals surface area contributed by atoms with Crippen LogP contribution in [0.3, 0.4) is 0 Å². The van der Waals surface area contributed by atoms with Crippen LogP contribution in [0.2, 0.25) is 0 Å². The number of carbonyl (C=O) groups is 2. The van der Waals surface area contributed by atoms with E-state index in [9.17, 15) is 22.8 Å². The smallest absolute Gasteiger partial charge is 0.421 e. The molecule has 272 valence electrons. The predicted octanol–water partition coefficient (Wildman–Crippen LogP) is 5.72. The van der Waals surface area contributed by atoms with Crippen molar-refractivity contribution in [3.63, 3.8) is 0 Å². The Labute approximate surface area is 295 Å². The van der Waals surface area contributed by atoms with Gasteiger partial charge in [0.25, 0.3) is 5.91 Å². The molecular formula is C37H45F3N8O3. The minimum Gasteiger partial charge on any atom is -0.494 e. The monoisotopic (exact) mass is 706 g/mol. The number of methoxy groups -OCH3 is 1. The number of carbonyl (C=O) groups excluding carboxylic acids is 2. The van der Waals surface area contributed by atoms with Crippen molar-refractivity contribution < 1.29 is 27.5 Å². The van der Waals surface area contributed by atoms with Crippen molar-refractivity contribution in [3.05, 3.63) is 59.3 Å². The van der Waals surface area contributed by atoms with E-state index in [2.05, 4.69) is 41.0 Å². The van der Waals surface area contributed by atoms with Crippen molar-refractivity contribution in [3.8, 4) is 5.75 Å². The van der Waals surface area contributed by atoms with Crippen LogP contribution < -0.4 is 30.9 Å². The summed E-state index contributed by atoms with van der Waals surface area (Å²) in [5.41, 5.74) is 1.21. The maximum atomic E-state index is 14.1. The third-order valence-corrected chi connectivity index (χ3v) is 11.5. The number of benzene rings is 2. The van der Waals surface area contributed by atoms with E-state index in [1.807, 2.05) is 18.2 Å². The highest BCUT2D eigenvalue weighted by Gasteiger charge is 2.59. The van der Waals surface area contributed by atoms with Crippen molar-refractivity contribution in [2.75, 3.05) is 62.9 Å². The Balaban J connectivity index is 1.06. The SMILES string of the molecule is CNC(=O)c1cccc(C)c1Nc1nc(Nc2ccc(N3CCN([C@H]4C5CC6CC4C[C@@](C(=O)NC)(C6)C5)CC3)cc2OC)ncc1C(F)(F)F. The van der Waals surface area contributed by atoms with Gasteiger partial charge in [-0.1, -0.05) is 12.1 Å². The first-order valence-electron chi connectivity index (χ1n) is 17.6. The Morgan fingerprint density at radius 2 is 1.69 bits per heavy atom. The van der Waals surface area contributed by atoms with Crippen LogP contribution >= 0.6 is 0 Å². The summed E-state index contributed by atoms with van der Waals surface area (Å²) in [5.74, 6) is 1.53. The van der Waals surface area contributed by atoms with Crippen LogP contribution in [0, 0.1) is 30.1 Å². The van der Waals surface area contributed by atoms with Crippen LogP contribution in [0.15, 0.2) is 42.6 Å². The minimum atomic E-state index is -4.75. The lowest BCUT2D eigenvalue weighted by molar-refractivity contribution is -0.155. The summed E-state index contributed by atoms with van der Waals surface area (Å²) >= 11 is 0. The number of hydrogen-bond donors (Lipinski definition) is 4. The maximum Gasteiger partial charge on any atom is 0.421 e. The van der Waals surface area contributed by atoms with Gasteiger partial charge < -0.3 is 30.9 Å². The Morgan fingerprint density at radius 3 is 2.33 bits per heavy atom. The fourth-order valence-electron chi connectivity index (χ4n) is 9.54. The molecule has 8 rings (SSSR count). The third kappa shape index (κ3) is 6.54. The topological polar surface area (TPSA) is 124 Å². The molecule has 2 heterocycles. The molecule has 2 unspecified atom stereocenters. The number of nitrogens with zero attached hydrogens (tertiary/aromatic N) is 4. The summed E-state index contributed by atoms with van der Waals surface area (Å²) in [7, 11) is 4.76. The molecule has 2 amide bonds. The van der Waals surface area contributed by atoms with Crippen molar-refractivity contribution >= 4 is 40.6 Å². The summed E-state index contributed by atoms with van der Waals surface area (Å²) in [6, 6.07) is 11.1. The number of para-hydroxylation sites is 1. The number of halogens is 3. The number of rotatable bonds is 9. The van der Waals surface area contributed by atoms with Crippen LogP contribution in [0.5, 0.6) is 5.75 Å². The summed E-state index contributed by atoms with van der Waals surface area (Å²) in [5, 5.41) is 11.3. The zero-order valence-electron chi connectivity index (χ0n) is 29.4. The first-order chi connectivity index (χ1) is 24.4. The van der Waals surface area contributed by atoms with Crippen LogP contribution in [-0.4, -0.2) is 80.1 Å². The Kier molecular flexibility index (Phi) is 9.23. The molecule has 5 aliphatic rings. The largest absolute Gasteiger partial charge is 0.494 e. The van der Waals surface area contributed by atoms with E-state index in [-0.39, 0.29) is 28.5 Å². The number of alkyl halides is 3. The average molecular weight is 707 g/mol. The highest BCUT2D eigenvalue weighted by Crippen LogP contribution is 2.61. The van der Waals surface area contributed by atoms with Gasteiger partial charge >= 0.3 is 6.18 Å². The van der Waals surface area contributed by atoms with E-state index in [0.717, 1.165) is 57.3 Å². The second-order valence-electron chi connectivity index (χ2n) is 14.5. The predicted molar refractivity (Wildman–Crippen MR) is 189 cm³/mol. The van der Waals surface area contributed by atoms with Crippen LogP contribution in [0.1, 0.15) is 53.6 Å². The van der Waals surface area contributed by atoms with Gasteiger partial charge in [0.2, 0.25) is 11.9 Å². The van der Waals surface area contributed by atoms with Gasteiger partial charge in [-0.3, -0.25) is 14.5 Å². The quantitative estimate of drug-likeness (QED) is 0.221. The third-order valence-electron chi connectivity index (χ3n) is 11.5. The van der Waals surface area contributed by atoms with Gasteiger partial charge in [-0.2, -0.15) is 18.2 Å². The van der Waals surface area contributed by atoms with Gasteiger partial charge in [-0.05, 0) is 80.5 Å². The fraction of sp³-hybridized carbons (Fsp3) is 0.514. The number of anilines is 5. The number of aryl methyl sites for hydroxylation is 1. The number of hydrogen-bond acceptors (Lipinski definition) is 9. The van der Waals surface area contributed by atoms with E-state index in [1.165, 1.54) is 26.0 Å². The molecule has 51 heavy (non-hydrogen) atoms. The lowest BCUT2D eigenvalue weighted by atomic mass is 9.47. The molecule has 4 N–H and O–H groups in total. The summed E-state index contributed by atoms with van der Waals surface area (Å²) in [4.78, 5) is 38.6. The Bertz CT molecular complexity index is 1800. The van der Waals surface area contributed by atoms with E-state index in [4.69, 9.17) is 4.74 Å². The number of ether oxygens (including phenoxy) is 1. The zero-order valence-corrected chi connectivity index (χ0v) is 29.4. The van der Waals surface area contributed by atoms with Gasteiger partial charge in [0.05, 0.1) is 29.5 Å². The average Bonchev–Trinajstić information content (AvgIpc) is 3.11. The summed E-state index contributed by atoms with van der Waals surface area (Å²) in [6.07, 6.45) is 1.48. The molecule has 0 spiro atoms. The molecule has 1 aromatic heterocycles. The number of piperazine rings is 1. The molecule has 14 heteroatoms. The van der Waals surface area contributed by atoms with Gasteiger partial charge in [0.15, 0.2) is 0 Å². The lowest BCUT2D eigenvalue weighted by Crippen LogP contribution is -2.64.